The van der Waals surface area contributed by atoms with Crippen LogP contribution in [0.2, 0.25) is 0 Å². The van der Waals surface area contributed by atoms with Crippen LogP contribution in [0.25, 0.3) is 0 Å². The molecule has 0 saturated carbocycles. The van der Waals surface area contributed by atoms with Crippen LogP contribution in [0.4, 0.5) is 0 Å². The van der Waals surface area contributed by atoms with Gasteiger partial charge in [-0.05, 0) is 45.7 Å². The van der Waals surface area contributed by atoms with Gasteiger partial charge < -0.3 is 10.6 Å². The largest absolute Gasteiger partial charge is 0.355 e. The van der Waals surface area contributed by atoms with E-state index in [4.69, 9.17) is 0 Å². The fourth-order valence-corrected chi connectivity index (χ4v) is 3.91. The molecule has 0 spiro atoms. The highest BCUT2D eigenvalue weighted by atomic mass is 127. The van der Waals surface area contributed by atoms with E-state index in [9.17, 15) is 0 Å². The summed E-state index contributed by atoms with van der Waals surface area (Å²) in [5.41, 5.74) is 0. The molecule has 3 unspecified atom stereocenters. The molecule has 142 valence electrons. The Hall–Kier alpha value is -0.0800. The minimum atomic E-state index is 0. The smallest absolute Gasteiger partial charge is 0.191 e. The summed E-state index contributed by atoms with van der Waals surface area (Å²) in [5.74, 6) is 1.63. The molecule has 2 heterocycles. The average molecular weight is 451 g/mol. The number of guanidine groups is 1. The summed E-state index contributed by atoms with van der Waals surface area (Å²) in [6, 6.07) is 1.78. The number of piperidine rings is 1. The van der Waals surface area contributed by atoms with Crippen LogP contribution >= 0.6 is 24.0 Å². The fraction of sp³-hybridized carbons (Fsp3) is 0.944. The summed E-state index contributed by atoms with van der Waals surface area (Å²) in [5, 5.41) is 7.23. The lowest BCUT2D eigenvalue weighted by Crippen LogP contribution is -2.51. The van der Waals surface area contributed by atoms with E-state index >= 15 is 0 Å². The maximum Gasteiger partial charge on any atom is 0.191 e. The first-order valence-electron chi connectivity index (χ1n) is 9.50. The number of halogens is 1. The molecule has 6 heteroatoms. The van der Waals surface area contributed by atoms with Crippen molar-refractivity contribution in [1.82, 2.24) is 20.4 Å². The van der Waals surface area contributed by atoms with Crippen LogP contribution in [0.1, 0.15) is 47.0 Å². The second-order valence-corrected chi connectivity index (χ2v) is 7.51. The van der Waals surface area contributed by atoms with E-state index < -0.39 is 0 Å². The third-order valence-electron chi connectivity index (χ3n) is 5.58. The number of nitrogens with one attached hydrogen (secondary N) is 2. The van der Waals surface area contributed by atoms with Crippen molar-refractivity contribution in [1.29, 1.82) is 0 Å². The highest BCUT2D eigenvalue weighted by Crippen LogP contribution is 2.19. The molecule has 2 aliphatic heterocycles. The number of likely N-dealkylation sites (tertiary alicyclic amines) is 2. The zero-order valence-corrected chi connectivity index (χ0v) is 18.5. The van der Waals surface area contributed by atoms with Gasteiger partial charge in [0.1, 0.15) is 0 Å². The van der Waals surface area contributed by atoms with Crippen molar-refractivity contribution in [3.8, 4) is 0 Å². The first-order chi connectivity index (χ1) is 11.0. The third-order valence-corrected chi connectivity index (χ3v) is 5.58. The predicted molar refractivity (Wildman–Crippen MR) is 114 cm³/mol. The maximum absolute atomic E-state index is 4.45. The molecule has 2 rings (SSSR count). The molecule has 0 amide bonds. The van der Waals surface area contributed by atoms with Crippen molar-refractivity contribution in [2.75, 3.05) is 39.8 Å². The standard InChI is InChI=1S/C18H37N5.HI/c1-6-22-10-8-7-9-16(22)11-20-18(19-5)21-17-13-23(14(2)3)12-15(17)4;/h14-17H,6-13H2,1-5H3,(H2,19,20,21);1H. The zero-order valence-electron chi connectivity index (χ0n) is 16.2. The number of nitrogens with zero attached hydrogens (tertiary/aromatic N) is 3. The van der Waals surface area contributed by atoms with Gasteiger partial charge in [0, 0.05) is 44.8 Å². The first kappa shape index (κ1) is 22.0. The van der Waals surface area contributed by atoms with E-state index in [2.05, 4.69) is 53.1 Å². The average Bonchev–Trinajstić information content (AvgIpc) is 2.92. The van der Waals surface area contributed by atoms with Crippen molar-refractivity contribution in [3.05, 3.63) is 0 Å². The van der Waals surface area contributed by atoms with Crippen LogP contribution in [0.15, 0.2) is 4.99 Å². The number of rotatable bonds is 5. The zero-order chi connectivity index (χ0) is 16.8. The van der Waals surface area contributed by atoms with Crippen LogP contribution < -0.4 is 10.6 Å². The Balaban J connectivity index is 0.00000288. The minimum absolute atomic E-state index is 0. The summed E-state index contributed by atoms with van der Waals surface area (Å²) < 4.78 is 0. The Morgan fingerprint density at radius 3 is 2.58 bits per heavy atom. The van der Waals surface area contributed by atoms with Gasteiger partial charge in [-0.25, -0.2) is 0 Å². The Kier molecular flexibility index (Phi) is 9.89. The Morgan fingerprint density at radius 1 is 1.25 bits per heavy atom. The summed E-state index contributed by atoms with van der Waals surface area (Å²) in [4.78, 5) is 9.60. The lowest BCUT2D eigenvalue weighted by atomic mass is 10.0. The van der Waals surface area contributed by atoms with Gasteiger partial charge in [-0.3, -0.25) is 14.8 Å². The SMILES string of the molecule is CCN1CCCCC1CNC(=NC)NC1CN(C(C)C)CC1C.I. The van der Waals surface area contributed by atoms with Crippen LogP contribution in [0, 0.1) is 5.92 Å². The van der Waals surface area contributed by atoms with E-state index in [0.717, 1.165) is 25.6 Å². The highest BCUT2D eigenvalue weighted by molar-refractivity contribution is 14.0. The number of hydrogen-bond acceptors (Lipinski definition) is 3. The normalized spacial score (nSPS) is 29.6. The van der Waals surface area contributed by atoms with E-state index in [1.54, 1.807) is 0 Å². The maximum atomic E-state index is 4.45. The monoisotopic (exact) mass is 451 g/mol. The predicted octanol–water partition coefficient (Wildman–Crippen LogP) is 2.37. The Morgan fingerprint density at radius 2 is 2.00 bits per heavy atom. The van der Waals surface area contributed by atoms with Crippen LogP contribution in [0.3, 0.4) is 0 Å². The van der Waals surface area contributed by atoms with Gasteiger partial charge in [0.15, 0.2) is 5.96 Å². The molecule has 2 saturated heterocycles. The number of hydrogen-bond donors (Lipinski definition) is 2. The molecule has 0 aliphatic carbocycles. The van der Waals surface area contributed by atoms with Gasteiger partial charge >= 0.3 is 0 Å². The Labute approximate surface area is 166 Å². The second-order valence-electron chi connectivity index (χ2n) is 7.51. The fourth-order valence-electron chi connectivity index (χ4n) is 3.91. The summed E-state index contributed by atoms with van der Waals surface area (Å²) in [7, 11) is 1.88. The lowest BCUT2D eigenvalue weighted by molar-refractivity contribution is 0.157. The molecule has 0 aromatic rings. The van der Waals surface area contributed by atoms with Crippen molar-refractivity contribution >= 4 is 29.9 Å². The topological polar surface area (TPSA) is 42.9 Å². The van der Waals surface area contributed by atoms with Crippen LogP contribution in [-0.2, 0) is 0 Å². The molecular weight excluding hydrogens is 413 g/mol. The van der Waals surface area contributed by atoms with Gasteiger partial charge in [-0.1, -0.05) is 20.3 Å². The molecular formula is C18H38IN5. The van der Waals surface area contributed by atoms with Gasteiger partial charge in [0.05, 0.1) is 0 Å². The van der Waals surface area contributed by atoms with Crippen molar-refractivity contribution in [3.63, 3.8) is 0 Å². The number of aliphatic imine (C=N–C) groups is 1. The third kappa shape index (κ3) is 6.02. The van der Waals surface area contributed by atoms with E-state index in [-0.39, 0.29) is 24.0 Å². The summed E-state index contributed by atoms with van der Waals surface area (Å²) in [6.07, 6.45) is 4.01. The van der Waals surface area contributed by atoms with Crippen LogP contribution in [-0.4, -0.2) is 73.7 Å². The van der Waals surface area contributed by atoms with E-state index in [0.29, 0.717) is 24.0 Å². The molecule has 0 radical (unpaired) electrons. The van der Waals surface area contributed by atoms with Gasteiger partial charge in [-0.2, -0.15) is 0 Å². The Bertz CT molecular complexity index is 388. The molecule has 0 aromatic heterocycles. The molecule has 0 bridgehead atoms. The molecule has 2 fully saturated rings. The molecule has 0 aromatic carbocycles. The van der Waals surface area contributed by atoms with Crippen molar-refractivity contribution in [2.24, 2.45) is 10.9 Å². The minimum Gasteiger partial charge on any atom is -0.355 e. The van der Waals surface area contributed by atoms with E-state index in [1.165, 1.54) is 32.4 Å². The highest BCUT2D eigenvalue weighted by Gasteiger charge is 2.31. The molecule has 3 atom stereocenters. The number of likely N-dealkylation sites (N-methyl/N-ethyl adjacent to an activating group) is 1. The van der Waals surface area contributed by atoms with Crippen molar-refractivity contribution < 1.29 is 0 Å². The summed E-state index contributed by atoms with van der Waals surface area (Å²) >= 11 is 0. The molecule has 2 N–H and O–H groups in total. The van der Waals surface area contributed by atoms with Crippen LogP contribution in [0.5, 0.6) is 0 Å². The molecule has 5 nitrogen and oxygen atoms in total. The van der Waals surface area contributed by atoms with Gasteiger partial charge in [0.2, 0.25) is 0 Å². The first-order valence-corrected chi connectivity index (χ1v) is 9.50. The second kappa shape index (κ2) is 10.8. The van der Waals surface area contributed by atoms with Gasteiger partial charge in [0.25, 0.3) is 0 Å². The molecule has 2 aliphatic rings. The lowest BCUT2D eigenvalue weighted by Gasteiger charge is -2.35. The van der Waals surface area contributed by atoms with E-state index in [1.807, 2.05) is 7.05 Å². The van der Waals surface area contributed by atoms with Gasteiger partial charge in [-0.15, -0.1) is 24.0 Å². The molecule has 24 heavy (non-hydrogen) atoms. The summed E-state index contributed by atoms with van der Waals surface area (Å²) in [6.45, 7) is 14.9. The van der Waals surface area contributed by atoms with Crippen molar-refractivity contribution in [2.45, 2.75) is 65.1 Å². The quantitative estimate of drug-likeness (QED) is 0.383.